The van der Waals surface area contributed by atoms with E-state index in [2.05, 4.69) is 6.07 Å². The van der Waals surface area contributed by atoms with Crippen LogP contribution in [0.4, 0.5) is 8.78 Å². The van der Waals surface area contributed by atoms with E-state index < -0.39 is 5.76 Å². The van der Waals surface area contributed by atoms with Crippen LogP contribution < -0.4 is 0 Å². The molecule has 0 aliphatic carbocycles. The second-order valence-corrected chi connectivity index (χ2v) is 6.06. The Kier molecular flexibility index (Phi) is 5.45. The quantitative estimate of drug-likeness (QED) is 0.712. The van der Waals surface area contributed by atoms with Crippen molar-refractivity contribution in [3.63, 3.8) is 0 Å². The van der Waals surface area contributed by atoms with Crippen molar-refractivity contribution in [2.45, 2.75) is 21.3 Å². The molecular weight excluding hydrogens is 296 g/mol. The Morgan fingerprint density at radius 2 is 1.55 bits per heavy atom. The van der Waals surface area contributed by atoms with Gasteiger partial charge in [-0.15, -0.1) is 11.8 Å². The van der Waals surface area contributed by atoms with E-state index in [-0.39, 0.29) is 0 Å². The number of nitriles is 1. The molecule has 0 N–H and O–H groups in total. The lowest BCUT2D eigenvalue weighted by molar-refractivity contribution is 0.252. The fourth-order valence-electron chi connectivity index (χ4n) is 1.56. The van der Waals surface area contributed by atoms with Crippen LogP contribution in [0, 0.1) is 11.3 Å². The highest BCUT2D eigenvalue weighted by molar-refractivity contribution is 7.99. The van der Waals surface area contributed by atoms with Crippen molar-refractivity contribution in [1.29, 1.82) is 5.26 Å². The lowest BCUT2D eigenvalue weighted by Crippen LogP contribution is -1.84. The van der Waals surface area contributed by atoms with Gasteiger partial charge in [-0.2, -0.15) is 14.0 Å². The van der Waals surface area contributed by atoms with Gasteiger partial charge in [-0.25, -0.2) is 0 Å². The topological polar surface area (TPSA) is 23.8 Å². The van der Waals surface area contributed by atoms with E-state index in [9.17, 15) is 8.78 Å². The van der Waals surface area contributed by atoms with Gasteiger partial charge in [0, 0.05) is 15.5 Å². The third kappa shape index (κ3) is 4.55. The summed E-state index contributed by atoms with van der Waals surface area (Å²) in [5.41, 5.74) is 1.72. The highest BCUT2D eigenvalue weighted by Crippen LogP contribution is 2.27. The third-order valence-corrected chi connectivity index (χ3v) is 4.34. The first-order valence-electron chi connectivity index (χ1n) is 5.84. The number of hydrogen-bond donors (Lipinski definition) is 0. The summed E-state index contributed by atoms with van der Waals surface area (Å²) in [5, 5.41) is 8.71. The molecule has 1 nitrogen and oxygen atoms in total. The number of benzene rings is 2. The fourth-order valence-corrected chi connectivity index (χ4v) is 2.91. The molecule has 0 aromatic heterocycles. The summed E-state index contributed by atoms with van der Waals surface area (Å²) in [6.07, 6.45) is 0. The van der Waals surface area contributed by atoms with E-state index in [4.69, 9.17) is 5.26 Å². The average molecular weight is 307 g/mol. The van der Waals surface area contributed by atoms with Crippen molar-refractivity contribution >= 4 is 23.5 Å². The molecule has 5 heteroatoms. The van der Waals surface area contributed by atoms with Gasteiger partial charge in [0.1, 0.15) is 0 Å². The summed E-state index contributed by atoms with van der Waals surface area (Å²) < 4.78 is 24.4. The minimum atomic E-state index is -2.38. The van der Waals surface area contributed by atoms with Crippen LogP contribution >= 0.6 is 23.5 Å². The zero-order chi connectivity index (χ0) is 14.4. The number of alkyl halides is 2. The zero-order valence-corrected chi connectivity index (χ0v) is 12.1. The highest BCUT2D eigenvalue weighted by atomic mass is 32.2. The van der Waals surface area contributed by atoms with Gasteiger partial charge >= 0.3 is 0 Å². The Morgan fingerprint density at radius 1 is 0.950 bits per heavy atom. The van der Waals surface area contributed by atoms with Gasteiger partial charge in [-0.3, -0.25) is 0 Å². The highest BCUT2D eigenvalue weighted by Gasteiger charge is 2.05. The number of hydrogen-bond acceptors (Lipinski definition) is 3. The van der Waals surface area contributed by atoms with E-state index in [0.717, 1.165) is 16.2 Å². The predicted molar refractivity (Wildman–Crippen MR) is 79.0 cm³/mol. The molecule has 0 bridgehead atoms. The van der Waals surface area contributed by atoms with Crippen LogP contribution in [0.3, 0.4) is 0 Å². The second-order valence-electron chi connectivity index (χ2n) is 3.95. The largest absolute Gasteiger partial charge is 0.288 e. The van der Waals surface area contributed by atoms with Crippen LogP contribution in [-0.4, -0.2) is 5.76 Å². The SMILES string of the molecule is N#Cc1ccc(SCc2ccc(SC(F)F)cc2)cc1. The molecule has 0 heterocycles. The van der Waals surface area contributed by atoms with Crippen LogP contribution in [0.1, 0.15) is 11.1 Å². The first-order valence-corrected chi connectivity index (χ1v) is 7.70. The van der Waals surface area contributed by atoms with Gasteiger partial charge in [0.15, 0.2) is 0 Å². The van der Waals surface area contributed by atoms with Crippen LogP contribution in [0.25, 0.3) is 0 Å². The standard InChI is InChI=1S/C15H11F2NS2/c16-15(17)20-14-7-3-12(4-8-14)10-19-13-5-1-11(9-18)2-6-13/h1-8,15H,10H2. The number of nitrogens with zero attached hydrogens (tertiary/aromatic N) is 1. The summed E-state index contributed by atoms with van der Waals surface area (Å²) in [5.74, 6) is -1.61. The van der Waals surface area contributed by atoms with Crippen molar-refractivity contribution in [3.8, 4) is 6.07 Å². The molecule has 0 fully saturated rings. The van der Waals surface area contributed by atoms with E-state index in [1.165, 1.54) is 0 Å². The number of thioether (sulfide) groups is 2. The second kappa shape index (κ2) is 7.32. The van der Waals surface area contributed by atoms with Crippen LogP contribution in [-0.2, 0) is 5.75 Å². The Balaban J connectivity index is 1.91. The number of halogens is 2. The molecule has 0 aliphatic rings. The molecule has 20 heavy (non-hydrogen) atoms. The van der Waals surface area contributed by atoms with Crippen LogP contribution in [0.15, 0.2) is 58.3 Å². The van der Waals surface area contributed by atoms with Gasteiger partial charge in [0.2, 0.25) is 0 Å². The molecule has 2 aromatic carbocycles. The van der Waals surface area contributed by atoms with Crippen molar-refractivity contribution in [2.24, 2.45) is 0 Å². The van der Waals surface area contributed by atoms with Gasteiger partial charge < -0.3 is 0 Å². The van der Waals surface area contributed by atoms with Gasteiger partial charge in [-0.05, 0) is 42.0 Å². The molecule has 0 radical (unpaired) electrons. The Labute approximate surface area is 125 Å². The molecule has 0 aliphatic heterocycles. The lowest BCUT2D eigenvalue weighted by Gasteiger charge is -2.04. The molecule has 2 aromatic rings. The van der Waals surface area contributed by atoms with Gasteiger partial charge in [0.05, 0.1) is 11.6 Å². The first kappa shape index (κ1) is 14.9. The Morgan fingerprint density at radius 3 is 2.10 bits per heavy atom. The Hall–Kier alpha value is -1.51. The maximum Gasteiger partial charge on any atom is 0.288 e. The van der Waals surface area contributed by atoms with E-state index in [1.54, 1.807) is 36.0 Å². The van der Waals surface area contributed by atoms with Crippen molar-refractivity contribution < 1.29 is 8.78 Å². The minimum Gasteiger partial charge on any atom is -0.198 e. The third-order valence-electron chi connectivity index (χ3n) is 2.54. The zero-order valence-electron chi connectivity index (χ0n) is 10.4. The Bertz CT molecular complexity index is 589. The van der Waals surface area contributed by atoms with E-state index in [0.29, 0.717) is 22.2 Å². The van der Waals surface area contributed by atoms with Gasteiger partial charge in [-0.1, -0.05) is 23.9 Å². The summed E-state index contributed by atoms with van der Waals surface area (Å²) in [6.45, 7) is 0. The monoisotopic (exact) mass is 307 g/mol. The molecule has 0 saturated heterocycles. The lowest BCUT2D eigenvalue weighted by atomic mass is 10.2. The van der Waals surface area contributed by atoms with E-state index >= 15 is 0 Å². The average Bonchev–Trinajstić information content (AvgIpc) is 2.46. The smallest absolute Gasteiger partial charge is 0.198 e. The predicted octanol–water partition coefficient (Wildman–Crippen LogP) is 5.17. The molecule has 2 rings (SSSR count). The molecule has 102 valence electrons. The summed E-state index contributed by atoms with van der Waals surface area (Å²) >= 11 is 2.20. The minimum absolute atomic E-state index is 0.555. The maximum absolute atomic E-state index is 12.2. The molecule has 0 unspecified atom stereocenters. The molecule has 0 amide bonds. The van der Waals surface area contributed by atoms with Crippen molar-refractivity contribution in [2.75, 3.05) is 0 Å². The number of rotatable bonds is 5. The fraction of sp³-hybridized carbons (Fsp3) is 0.133. The van der Waals surface area contributed by atoms with Gasteiger partial charge in [0.25, 0.3) is 5.76 Å². The summed E-state index contributed by atoms with van der Waals surface area (Å²) in [6, 6.07) is 16.6. The summed E-state index contributed by atoms with van der Waals surface area (Å²) in [4.78, 5) is 1.65. The molecule has 0 atom stereocenters. The van der Waals surface area contributed by atoms with Crippen molar-refractivity contribution in [3.05, 3.63) is 59.7 Å². The van der Waals surface area contributed by atoms with E-state index in [1.807, 2.05) is 24.3 Å². The van der Waals surface area contributed by atoms with Crippen LogP contribution in [0.5, 0.6) is 0 Å². The van der Waals surface area contributed by atoms with Crippen molar-refractivity contribution in [1.82, 2.24) is 0 Å². The summed E-state index contributed by atoms with van der Waals surface area (Å²) in [7, 11) is 0. The maximum atomic E-state index is 12.2. The first-order chi connectivity index (χ1) is 9.67. The molecule has 0 saturated carbocycles. The van der Waals surface area contributed by atoms with Crippen LogP contribution in [0.2, 0.25) is 0 Å². The molecule has 0 spiro atoms. The molecular formula is C15H11F2NS2. The normalized spacial score (nSPS) is 10.5.